The Bertz CT molecular complexity index is 917. The molecule has 29 heavy (non-hydrogen) atoms. The van der Waals surface area contributed by atoms with Gasteiger partial charge in [-0.15, -0.1) is 0 Å². The van der Waals surface area contributed by atoms with Gasteiger partial charge < -0.3 is 19.9 Å². The van der Waals surface area contributed by atoms with Crippen LogP contribution in [0, 0.1) is 5.92 Å². The summed E-state index contributed by atoms with van der Waals surface area (Å²) in [6, 6.07) is 5.64. The second-order valence-corrected chi connectivity index (χ2v) is 8.07. The maximum Gasteiger partial charge on any atom is 0.328 e. The molecule has 9 nitrogen and oxygen atoms in total. The predicted molar refractivity (Wildman–Crippen MR) is 112 cm³/mol. The van der Waals surface area contributed by atoms with E-state index in [2.05, 4.69) is 37.8 Å². The number of nitrogens with zero attached hydrogens (tertiary/aromatic N) is 2. The van der Waals surface area contributed by atoms with E-state index in [1.54, 1.807) is 6.07 Å². The maximum atomic E-state index is 12.5. The van der Waals surface area contributed by atoms with Crippen LogP contribution in [0.1, 0.15) is 23.2 Å². The van der Waals surface area contributed by atoms with Crippen LogP contribution in [0.5, 0.6) is 0 Å². The van der Waals surface area contributed by atoms with E-state index in [0.717, 1.165) is 18.6 Å². The third-order valence-corrected chi connectivity index (χ3v) is 6.55. The van der Waals surface area contributed by atoms with Gasteiger partial charge in [-0.3, -0.25) is 9.69 Å². The molecule has 2 aromatic rings. The average molecular weight is 513 g/mol. The summed E-state index contributed by atoms with van der Waals surface area (Å²) in [6.45, 7) is 2.32. The first-order valence-electron chi connectivity index (χ1n) is 9.01. The van der Waals surface area contributed by atoms with Crippen molar-refractivity contribution in [3.63, 3.8) is 0 Å². The molecule has 3 fully saturated rings. The molecule has 3 N–H and O–H groups in total. The number of oxazole rings is 1. The highest BCUT2D eigenvalue weighted by Crippen LogP contribution is 2.35. The van der Waals surface area contributed by atoms with Crippen LogP contribution in [0.2, 0.25) is 0 Å². The first kappa shape index (κ1) is 21.2. The number of hydrogen-bond acceptors (Lipinski definition) is 6. The highest BCUT2D eigenvalue weighted by molar-refractivity contribution is 14.1. The number of carbonyl (C=O) groups is 3. The zero-order chi connectivity index (χ0) is 21.0. The number of hydrogen-bond donors (Lipinski definition) is 3. The lowest BCUT2D eigenvalue weighted by atomic mass is 9.84. The molecule has 10 heteroatoms. The summed E-state index contributed by atoms with van der Waals surface area (Å²) in [5.74, 6) is -1.93. The van der Waals surface area contributed by atoms with Gasteiger partial charge in [0, 0.05) is 17.7 Å². The molecular weight excluding hydrogens is 493 g/mol. The Morgan fingerprint density at radius 2 is 1.83 bits per heavy atom. The quantitative estimate of drug-likeness (QED) is 0.245. The number of alkyl halides is 1. The van der Waals surface area contributed by atoms with Gasteiger partial charge in [-0.1, -0.05) is 22.6 Å². The number of amides is 1. The third kappa shape index (κ3) is 5.32. The van der Waals surface area contributed by atoms with E-state index in [4.69, 9.17) is 14.6 Å². The summed E-state index contributed by atoms with van der Waals surface area (Å²) < 4.78 is 5.66. The monoisotopic (exact) mass is 513 g/mol. The van der Waals surface area contributed by atoms with E-state index < -0.39 is 11.9 Å². The average Bonchev–Trinajstić information content (AvgIpc) is 3.17. The van der Waals surface area contributed by atoms with Crippen molar-refractivity contribution in [3.8, 4) is 0 Å². The molecule has 3 aliphatic heterocycles. The van der Waals surface area contributed by atoms with Gasteiger partial charge in [0.1, 0.15) is 5.52 Å². The van der Waals surface area contributed by atoms with Crippen molar-refractivity contribution in [3.05, 3.63) is 42.3 Å². The van der Waals surface area contributed by atoms with Crippen molar-refractivity contribution in [1.29, 1.82) is 0 Å². The van der Waals surface area contributed by atoms with Crippen molar-refractivity contribution >= 4 is 51.5 Å². The molecule has 0 spiro atoms. The number of piperidine rings is 3. The van der Waals surface area contributed by atoms with E-state index in [1.807, 2.05) is 12.1 Å². The number of rotatable bonds is 4. The number of aliphatic carboxylic acids is 2. The lowest BCUT2D eigenvalue weighted by molar-refractivity contribution is -0.134. The van der Waals surface area contributed by atoms with Gasteiger partial charge >= 0.3 is 11.9 Å². The summed E-state index contributed by atoms with van der Waals surface area (Å²) in [5, 5.41) is 18.8. The van der Waals surface area contributed by atoms with E-state index in [-0.39, 0.29) is 11.9 Å². The van der Waals surface area contributed by atoms with Crippen LogP contribution in [0.15, 0.2) is 41.2 Å². The Kier molecular flexibility index (Phi) is 6.85. The second-order valence-electron chi connectivity index (χ2n) is 6.79. The van der Waals surface area contributed by atoms with Crippen LogP contribution in [-0.2, 0) is 9.59 Å². The van der Waals surface area contributed by atoms with Crippen LogP contribution in [-0.4, -0.2) is 61.1 Å². The molecule has 2 bridgehead atoms. The van der Waals surface area contributed by atoms with Crippen molar-refractivity contribution in [2.24, 2.45) is 5.92 Å². The van der Waals surface area contributed by atoms with E-state index in [9.17, 15) is 14.4 Å². The predicted octanol–water partition coefficient (Wildman–Crippen LogP) is 2.12. The Morgan fingerprint density at radius 1 is 1.17 bits per heavy atom. The molecule has 154 valence electrons. The van der Waals surface area contributed by atoms with Gasteiger partial charge in [-0.2, -0.15) is 0 Å². The fraction of sp³-hybridized carbons (Fsp3) is 0.368. The number of halogens is 1. The summed E-state index contributed by atoms with van der Waals surface area (Å²) in [6.07, 6.45) is 4.89. The highest BCUT2D eigenvalue weighted by Gasteiger charge is 2.41. The molecule has 5 rings (SSSR count). The minimum absolute atomic E-state index is 0.0197. The highest BCUT2D eigenvalue weighted by atomic mass is 127. The largest absolute Gasteiger partial charge is 0.478 e. The lowest BCUT2D eigenvalue weighted by Gasteiger charge is -2.48. The van der Waals surface area contributed by atoms with Crippen LogP contribution in [0.3, 0.4) is 0 Å². The van der Waals surface area contributed by atoms with E-state index >= 15 is 0 Å². The van der Waals surface area contributed by atoms with E-state index in [0.29, 0.717) is 33.3 Å². The normalized spacial score (nSPS) is 25.4. The van der Waals surface area contributed by atoms with Gasteiger partial charge in [0.25, 0.3) is 5.91 Å². The van der Waals surface area contributed by atoms with Crippen molar-refractivity contribution in [1.82, 2.24) is 15.2 Å². The van der Waals surface area contributed by atoms with Gasteiger partial charge in [0.2, 0.25) is 0 Å². The fourth-order valence-electron chi connectivity index (χ4n) is 3.54. The molecule has 4 heterocycles. The van der Waals surface area contributed by atoms with Crippen LogP contribution in [0.4, 0.5) is 0 Å². The molecule has 2 atom stereocenters. The number of carboxylic acids is 2. The molecular formula is C19H20IN3O6. The van der Waals surface area contributed by atoms with E-state index in [1.165, 1.54) is 19.2 Å². The first-order chi connectivity index (χ1) is 13.8. The molecule has 0 radical (unpaired) electrons. The van der Waals surface area contributed by atoms with Crippen molar-refractivity contribution in [2.45, 2.75) is 22.9 Å². The van der Waals surface area contributed by atoms with Crippen molar-refractivity contribution < 1.29 is 29.0 Å². The minimum atomic E-state index is -1.26. The summed E-state index contributed by atoms with van der Waals surface area (Å²) >= 11 is 2.46. The Hall–Kier alpha value is -2.47. The van der Waals surface area contributed by atoms with Crippen LogP contribution in [0.25, 0.3) is 11.1 Å². The first-order valence-corrected chi connectivity index (χ1v) is 10.3. The molecule has 3 saturated heterocycles. The molecule has 0 aliphatic carbocycles. The molecule has 0 saturated carbocycles. The number of carbonyl (C=O) groups excluding carboxylic acids is 1. The molecule has 3 aliphatic rings. The summed E-state index contributed by atoms with van der Waals surface area (Å²) in [4.78, 5) is 38.1. The summed E-state index contributed by atoms with van der Waals surface area (Å²) in [5.41, 5.74) is 2.07. The SMILES string of the molecule is O=C(NC1C2CCN(CC2)C1I)c1ccc2ncoc2c1.O=C(O)C=CC(=O)O. The Morgan fingerprint density at radius 3 is 2.41 bits per heavy atom. The Labute approximate surface area is 179 Å². The summed E-state index contributed by atoms with van der Waals surface area (Å²) in [7, 11) is 0. The van der Waals surface area contributed by atoms with Crippen molar-refractivity contribution in [2.75, 3.05) is 13.1 Å². The number of benzene rings is 1. The van der Waals surface area contributed by atoms with Gasteiger partial charge in [0.05, 0.1) is 10.1 Å². The van der Waals surface area contributed by atoms with Gasteiger partial charge in [-0.25, -0.2) is 14.6 Å². The number of nitrogens with one attached hydrogen (secondary N) is 1. The zero-order valence-corrected chi connectivity index (χ0v) is 17.5. The third-order valence-electron chi connectivity index (χ3n) is 4.99. The fourth-order valence-corrected chi connectivity index (χ4v) is 4.86. The lowest BCUT2D eigenvalue weighted by Crippen LogP contribution is -2.61. The molecule has 1 aromatic heterocycles. The molecule has 1 aromatic carbocycles. The smallest absolute Gasteiger partial charge is 0.328 e. The number of fused-ring (bicyclic) bond motifs is 4. The van der Waals surface area contributed by atoms with Crippen LogP contribution >= 0.6 is 22.6 Å². The zero-order valence-electron chi connectivity index (χ0n) is 15.3. The minimum Gasteiger partial charge on any atom is -0.478 e. The second kappa shape index (κ2) is 9.35. The Balaban J connectivity index is 0.000000258. The van der Waals surface area contributed by atoms with Gasteiger partial charge in [-0.05, 0) is 50.0 Å². The maximum absolute atomic E-state index is 12.5. The topological polar surface area (TPSA) is 133 Å². The standard InChI is InChI=1S/C15H16IN3O2.C4H4O4/c16-14-13(9-3-5-19(14)6-4-9)18-15(20)10-1-2-11-12(7-10)21-8-17-11;5-3(6)1-2-4(7)8/h1-2,7-9,13-14H,3-6H2,(H,18,20);1-2H,(H,5,6)(H,7,8). The van der Waals surface area contributed by atoms with Crippen LogP contribution < -0.4 is 5.32 Å². The number of aromatic nitrogens is 1. The number of carboxylic acid groups (broad SMARTS) is 2. The van der Waals surface area contributed by atoms with Gasteiger partial charge in [0.15, 0.2) is 12.0 Å². The molecule has 2 unspecified atom stereocenters. The molecule has 1 amide bonds.